The first-order valence-corrected chi connectivity index (χ1v) is 8.03. The molecule has 25 heavy (non-hydrogen) atoms. The van der Waals surface area contributed by atoms with Crippen molar-refractivity contribution in [1.82, 2.24) is 0 Å². The van der Waals surface area contributed by atoms with Crippen LogP contribution >= 0.6 is 0 Å². The fourth-order valence-electron chi connectivity index (χ4n) is 2.02. The fourth-order valence-corrected chi connectivity index (χ4v) is 2.02. The highest BCUT2D eigenvalue weighted by Crippen LogP contribution is 2.16. The smallest absolute Gasteiger partial charge is 0.315 e. The number of carbonyl (C=O) groups is 2. The topological polar surface area (TPSA) is 73.9 Å². The summed E-state index contributed by atoms with van der Waals surface area (Å²) in [6.07, 6.45) is -0.303. The van der Waals surface area contributed by atoms with Crippen molar-refractivity contribution < 1.29 is 23.8 Å². The first kappa shape index (κ1) is 18.3. The molecule has 132 valence electrons. The van der Waals surface area contributed by atoms with Gasteiger partial charge >= 0.3 is 5.97 Å². The molecule has 0 saturated carbocycles. The molecule has 0 atom stereocenters. The number of carbonyl (C=O) groups excluding carboxylic acids is 2. The summed E-state index contributed by atoms with van der Waals surface area (Å²) in [5.41, 5.74) is 0.585. The van der Waals surface area contributed by atoms with Crippen molar-refractivity contribution in [1.29, 1.82) is 0 Å². The van der Waals surface area contributed by atoms with Gasteiger partial charge in [0.2, 0.25) is 5.91 Å². The molecule has 0 spiro atoms. The molecule has 1 amide bonds. The first-order chi connectivity index (χ1) is 12.2. The van der Waals surface area contributed by atoms with Crippen LogP contribution in [-0.2, 0) is 14.3 Å². The number of benzene rings is 2. The lowest BCUT2D eigenvalue weighted by molar-refractivity contribution is -0.145. The number of hydrogen-bond donors (Lipinski definition) is 1. The fraction of sp³-hybridized carbons (Fsp3) is 0.263. The largest absolute Gasteiger partial charge is 0.490 e. The number of amides is 1. The van der Waals surface area contributed by atoms with Crippen molar-refractivity contribution in [2.75, 3.05) is 25.1 Å². The lowest BCUT2D eigenvalue weighted by atomic mass is 10.3. The van der Waals surface area contributed by atoms with Crippen LogP contribution < -0.4 is 14.8 Å². The number of esters is 1. The minimum Gasteiger partial charge on any atom is -0.490 e. The van der Waals surface area contributed by atoms with E-state index >= 15 is 0 Å². The Hall–Kier alpha value is -3.02. The van der Waals surface area contributed by atoms with Crippen LogP contribution in [-0.4, -0.2) is 31.7 Å². The van der Waals surface area contributed by atoms with E-state index in [1.807, 2.05) is 30.3 Å². The second kappa shape index (κ2) is 9.97. The van der Waals surface area contributed by atoms with Gasteiger partial charge in [-0.3, -0.25) is 9.59 Å². The quantitative estimate of drug-likeness (QED) is 0.430. The first-order valence-electron chi connectivity index (χ1n) is 8.03. The zero-order valence-corrected chi connectivity index (χ0v) is 14.1. The molecule has 0 aromatic heterocycles. The van der Waals surface area contributed by atoms with Crippen LogP contribution in [0.5, 0.6) is 11.5 Å². The predicted octanol–water partition coefficient (Wildman–Crippen LogP) is 3.04. The van der Waals surface area contributed by atoms with Gasteiger partial charge in [-0.15, -0.1) is 0 Å². The highest BCUT2D eigenvalue weighted by atomic mass is 16.5. The average molecular weight is 343 g/mol. The van der Waals surface area contributed by atoms with Gasteiger partial charge in [-0.2, -0.15) is 0 Å². The van der Waals surface area contributed by atoms with E-state index in [0.29, 0.717) is 24.7 Å². The Morgan fingerprint density at radius 1 is 0.880 bits per heavy atom. The average Bonchev–Trinajstić information content (AvgIpc) is 2.61. The van der Waals surface area contributed by atoms with Gasteiger partial charge < -0.3 is 19.5 Å². The molecule has 0 bridgehead atoms. The Kier molecular flexibility index (Phi) is 7.31. The van der Waals surface area contributed by atoms with Gasteiger partial charge in [0, 0.05) is 5.69 Å². The van der Waals surface area contributed by atoms with Crippen LogP contribution in [0.3, 0.4) is 0 Å². The summed E-state index contributed by atoms with van der Waals surface area (Å²) >= 11 is 0. The van der Waals surface area contributed by atoms with Gasteiger partial charge in [0.15, 0.2) is 0 Å². The van der Waals surface area contributed by atoms with Gasteiger partial charge in [-0.25, -0.2) is 0 Å². The summed E-state index contributed by atoms with van der Waals surface area (Å²) in [6, 6.07) is 16.4. The van der Waals surface area contributed by atoms with Crippen molar-refractivity contribution in [2.45, 2.75) is 13.3 Å². The zero-order chi connectivity index (χ0) is 17.9. The lowest BCUT2D eigenvalue weighted by Gasteiger charge is -2.09. The molecule has 1 N–H and O–H groups in total. The third-order valence-electron chi connectivity index (χ3n) is 3.11. The minimum absolute atomic E-state index is 0.256. The molecule has 0 heterocycles. The summed E-state index contributed by atoms with van der Waals surface area (Å²) < 4.78 is 15.8. The monoisotopic (exact) mass is 343 g/mol. The number of para-hydroxylation sites is 1. The second-order valence-corrected chi connectivity index (χ2v) is 5.06. The third-order valence-corrected chi connectivity index (χ3v) is 3.11. The molecule has 2 rings (SSSR count). The maximum absolute atomic E-state index is 11.7. The molecule has 0 fully saturated rings. The molecule has 0 aliphatic heterocycles. The maximum atomic E-state index is 11.7. The van der Waals surface area contributed by atoms with E-state index in [0.717, 1.165) is 5.75 Å². The molecule has 0 aliphatic rings. The van der Waals surface area contributed by atoms with Crippen molar-refractivity contribution in [3.05, 3.63) is 54.6 Å². The zero-order valence-electron chi connectivity index (χ0n) is 14.1. The van der Waals surface area contributed by atoms with Crippen molar-refractivity contribution in [3.8, 4) is 11.5 Å². The molecule has 6 heteroatoms. The van der Waals surface area contributed by atoms with E-state index in [1.165, 1.54) is 0 Å². The summed E-state index contributed by atoms with van der Waals surface area (Å²) in [5, 5.41) is 2.63. The molecular weight excluding hydrogens is 322 g/mol. The van der Waals surface area contributed by atoms with Crippen LogP contribution in [0.1, 0.15) is 13.3 Å². The summed E-state index contributed by atoms with van der Waals surface area (Å²) in [7, 11) is 0. The highest BCUT2D eigenvalue weighted by Gasteiger charge is 2.10. The van der Waals surface area contributed by atoms with Crippen LogP contribution in [0, 0.1) is 0 Å². The summed E-state index contributed by atoms with van der Waals surface area (Å²) in [4.78, 5) is 22.9. The second-order valence-electron chi connectivity index (χ2n) is 5.06. The van der Waals surface area contributed by atoms with Gasteiger partial charge in [-0.1, -0.05) is 18.2 Å². The van der Waals surface area contributed by atoms with Gasteiger partial charge in [0.05, 0.1) is 6.61 Å². The Balaban J connectivity index is 1.70. The number of rotatable bonds is 9. The van der Waals surface area contributed by atoms with E-state index in [2.05, 4.69) is 5.32 Å². The van der Waals surface area contributed by atoms with Gasteiger partial charge in [0.1, 0.15) is 31.1 Å². The van der Waals surface area contributed by atoms with E-state index in [1.54, 1.807) is 31.2 Å². The third kappa shape index (κ3) is 6.95. The van der Waals surface area contributed by atoms with Crippen molar-refractivity contribution in [3.63, 3.8) is 0 Å². The van der Waals surface area contributed by atoms with Crippen molar-refractivity contribution in [2.24, 2.45) is 0 Å². The molecular formula is C19H21NO5. The molecule has 0 unspecified atom stereocenters. The molecule has 0 radical (unpaired) electrons. The van der Waals surface area contributed by atoms with Crippen LogP contribution in [0.25, 0.3) is 0 Å². The Bertz CT molecular complexity index is 670. The van der Waals surface area contributed by atoms with Crippen LogP contribution in [0.2, 0.25) is 0 Å². The number of nitrogens with one attached hydrogen (secondary N) is 1. The Labute approximate surface area is 146 Å². The van der Waals surface area contributed by atoms with E-state index in [4.69, 9.17) is 14.2 Å². The number of hydrogen-bond acceptors (Lipinski definition) is 5. The lowest BCUT2D eigenvalue weighted by Crippen LogP contribution is -2.18. The highest BCUT2D eigenvalue weighted by molar-refractivity contribution is 6.01. The Morgan fingerprint density at radius 2 is 1.48 bits per heavy atom. The van der Waals surface area contributed by atoms with Crippen molar-refractivity contribution >= 4 is 17.6 Å². The van der Waals surface area contributed by atoms with E-state index in [9.17, 15) is 9.59 Å². The SMILES string of the molecule is CCOC(=O)CC(=O)Nc1ccc(OCCOc2ccccc2)cc1. The minimum atomic E-state index is -0.543. The van der Waals surface area contributed by atoms with Gasteiger partial charge in [-0.05, 0) is 43.3 Å². The molecule has 2 aromatic rings. The van der Waals surface area contributed by atoms with E-state index < -0.39 is 11.9 Å². The van der Waals surface area contributed by atoms with Crippen LogP contribution in [0.4, 0.5) is 5.69 Å². The molecule has 0 aliphatic carbocycles. The molecule has 2 aromatic carbocycles. The molecule has 0 saturated heterocycles. The normalized spacial score (nSPS) is 9.96. The summed E-state index contributed by atoms with van der Waals surface area (Å²) in [6.45, 7) is 2.79. The molecule has 6 nitrogen and oxygen atoms in total. The summed E-state index contributed by atoms with van der Waals surface area (Å²) in [5.74, 6) is 0.507. The number of anilines is 1. The number of ether oxygens (including phenoxy) is 3. The predicted molar refractivity (Wildman–Crippen MR) is 93.8 cm³/mol. The van der Waals surface area contributed by atoms with E-state index in [-0.39, 0.29) is 13.0 Å². The Morgan fingerprint density at radius 3 is 2.08 bits per heavy atom. The maximum Gasteiger partial charge on any atom is 0.315 e. The standard InChI is InChI=1S/C19H21NO5/c1-2-23-19(22)14-18(21)20-15-8-10-17(11-9-15)25-13-12-24-16-6-4-3-5-7-16/h3-11H,2,12-14H2,1H3,(H,20,21). The van der Waals surface area contributed by atoms with Gasteiger partial charge in [0.25, 0.3) is 0 Å². The van der Waals surface area contributed by atoms with Crippen LogP contribution in [0.15, 0.2) is 54.6 Å².